The zero-order valence-corrected chi connectivity index (χ0v) is 16.6. The highest BCUT2D eigenvalue weighted by molar-refractivity contribution is 5.98. The summed E-state index contributed by atoms with van der Waals surface area (Å²) in [4.78, 5) is 29.8. The molecule has 3 aliphatic rings. The molecule has 30 heavy (non-hydrogen) atoms. The molecular weight excluding hydrogens is 388 g/mol. The fraction of sp³-hybridized carbons (Fsp3) is 0.476. The minimum absolute atomic E-state index is 0.0270. The lowest BCUT2D eigenvalue weighted by Gasteiger charge is -2.33. The van der Waals surface area contributed by atoms with Gasteiger partial charge in [-0.05, 0) is 25.0 Å². The SMILES string of the molecule is O=C(c1cn[nH]c1[C@@H]1CCCN(C(=O)c2cccc3c2OCO3)C1)N1CCOCC1. The molecule has 0 unspecified atom stereocenters. The van der Waals surface area contributed by atoms with Crippen LogP contribution < -0.4 is 9.47 Å². The summed E-state index contributed by atoms with van der Waals surface area (Å²) in [5.41, 5.74) is 1.91. The predicted molar refractivity (Wildman–Crippen MR) is 106 cm³/mol. The van der Waals surface area contributed by atoms with Crippen molar-refractivity contribution in [1.29, 1.82) is 0 Å². The van der Waals surface area contributed by atoms with Crippen LogP contribution in [0.15, 0.2) is 24.4 Å². The normalized spacial score (nSPS) is 21.0. The standard InChI is InChI=1S/C21H24N4O5/c26-20(15-4-1-5-17-19(15)30-13-29-17)25-6-2-3-14(12-25)18-16(11-22-23-18)21(27)24-7-9-28-10-8-24/h1,4-5,11,14H,2-3,6-10,12-13H2,(H,22,23)/t14-/m1/s1. The van der Waals surface area contributed by atoms with Crippen molar-refractivity contribution in [3.8, 4) is 11.5 Å². The van der Waals surface area contributed by atoms with Crippen molar-refractivity contribution in [1.82, 2.24) is 20.0 Å². The highest BCUT2D eigenvalue weighted by Crippen LogP contribution is 2.37. The van der Waals surface area contributed by atoms with Crippen LogP contribution >= 0.6 is 0 Å². The first-order valence-corrected chi connectivity index (χ1v) is 10.3. The topological polar surface area (TPSA) is 97.0 Å². The van der Waals surface area contributed by atoms with Crippen LogP contribution in [-0.4, -0.2) is 78.0 Å². The highest BCUT2D eigenvalue weighted by Gasteiger charge is 2.33. The van der Waals surface area contributed by atoms with Gasteiger partial charge in [-0.15, -0.1) is 0 Å². The number of carbonyl (C=O) groups is 2. The minimum Gasteiger partial charge on any atom is -0.454 e. The number of amides is 2. The Morgan fingerprint density at radius 1 is 1.03 bits per heavy atom. The van der Waals surface area contributed by atoms with Crippen molar-refractivity contribution in [2.75, 3.05) is 46.2 Å². The molecule has 158 valence electrons. The molecule has 9 nitrogen and oxygen atoms in total. The van der Waals surface area contributed by atoms with E-state index in [1.165, 1.54) is 0 Å². The monoisotopic (exact) mass is 412 g/mol. The lowest BCUT2D eigenvalue weighted by Crippen LogP contribution is -2.42. The number of nitrogens with one attached hydrogen (secondary N) is 1. The number of likely N-dealkylation sites (tertiary alicyclic amines) is 1. The van der Waals surface area contributed by atoms with Gasteiger partial charge in [0, 0.05) is 32.1 Å². The summed E-state index contributed by atoms with van der Waals surface area (Å²) in [6.45, 7) is 3.59. The molecule has 3 aliphatic heterocycles. The maximum atomic E-state index is 13.2. The molecular formula is C21H24N4O5. The molecule has 2 saturated heterocycles. The molecule has 0 aliphatic carbocycles. The van der Waals surface area contributed by atoms with E-state index in [0.717, 1.165) is 18.5 Å². The number of nitrogens with zero attached hydrogens (tertiary/aromatic N) is 3. The Labute approximate surface area is 173 Å². The number of benzene rings is 1. The number of H-pyrrole nitrogens is 1. The molecule has 2 aromatic rings. The number of para-hydroxylation sites is 1. The van der Waals surface area contributed by atoms with Crippen LogP contribution in [0.2, 0.25) is 0 Å². The second-order valence-electron chi connectivity index (χ2n) is 7.73. The number of morpholine rings is 1. The van der Waals surface area contributed by atoms with Crippen LogP contribution in [0.5, 0.6) is 11.5 Å². The molecule has 4 heterocycles. The molecule has 5 rings (SSSR count). The lowest BCUT2D eigenvalue weighted by atomic mass is 9.91. The van der Waals surface area contributed by atoms with E-state index in [4.69, 9.17) is 14.2 Å². The average Bonchev–Trinajstić information content (AvgIpc) is 3.48. The quantitative estimate of drug-likeness (QED) is 0.823. The van der Waals surface area contributed by atoms with E-state index in [1.54, 1.807) is 29.3 Å². The summed E-state index contributed by atoms with van der Waals surface area (Å²) in [6, 6.07) is 5.37. The van der Waals surface area contributed by atoms with E-state index in [9.17, 15) is 9.59 Å². The van der Waals surface area contributed by atoms with Crippen LogP contribution in [0.4, 0.5) is 0 Å². The zero-order valence-electron chi connectivity index (χ0n) is 16.6. The Bertz CT molecular complexity index is 953. The smallest absolute Gasteiger partial charge is 0.257 e. The molecule has 0 bridgehead atoms. The maximum Gasteiger partial charge on any atom is 0.257 e. The van der Waals surface area contributed by atoms with Gasteiger partial charge in [-0.3, -0.25) is 14.7 Å². The maximum absolute atomic E-state index is 13.2. The average molecular weight is 412 g/mol. The molecule has 2 amide bonds. The number of piperidine rings is 1. The van der Waals surface area contributed by atoms with Crippen LogP contribution in [0.25, 0.3) is 0 Å². The van der Waals surface area contributed by atoms with Gasteiger partial charge in [0.15, 0.2) is 11.5 Å². The number of rotatable bonds is 3. The molecule has 0 spiro atoms. The predicted octanol–water partition coefficient (Wildman–Crippen LogP) is 1.63. The molecule has 1 aromatic heterocycles. The van der Waals surface area contributed by atoms with Gasteiger partial charge in [-0.25, -0.2) is 0 Å². The first-order valence-electron chi connectivity index (χ1n) is 10.3. The summed E-state index contributed by atoms with van der Waals surface area (Å²) >= 11 is 0. The number of aromatic nitrogens is 2. The third kappa shape index (κ3) is 3.39. The largest absolute Gasteiger partial charge is 0.454 e. The first-order chi connectivity index (χ1) is 14.7. The van der Waals surface area contributed by atoms with Gasteiger partial charge in [0.25, 0.3) is 11.8 Å². The second-order valence-corrected chi connectivity index (χ2v) is 7.73. The van der Waals surface area contributed by atoms with E-state index < -0.39 is 0 Å². The molecule has 1 N–H and O–H groups in total. The van der Waals surface area contributed by atoms with Crippen molar-refractivity contribution in [2.24, 2.45) is 0 Å². The summed E-state index contributed by atoms with van der Waals surface area (Å²) in [5.74, 6) is 1.02. The van der Waals surface area contributed by atoms with Crippen LogP contribution in [0.1, 0.15) is 45.2 Å². The molecule has 2 fully saturated rings. The van der Waals surface area contributed by atoms with E-state index in [0.29, 0.717) is 62.0 Å². The summed E-state index contributed by atoms with van der Waals surface area (Å²) in [6.07, 6.45) is 3.35. The van der Waals surface area contributed by atoms with Gasteiger partial charge in [-0.2, -0.15) is 5.10 Å². The van der Waals surface area contributed by atoms with Gasteiger partial charge in [0.1, 0.15) is 0 Å². The Hall–Kier alpha value is -3.07. The minimum atomic E-state index is -0.0809. The van der Waals surface area contributed by atoms with Crippen molar-refractivity contribution >= 4 is 11.8 Å². The van der Waals surface area contributed by atoms with Crippen molar-refractivity contribution in [2.45, 2.75) is 18.8 Å². The van der Waals surface area contributed by atoms with Crippen LogP contribution in [0, 0.1) is 0 Å². The number of carbonyl (C=O) groups excluding carboxylic acids is 2. The Morgan fingerprint density at radius 2 is 1.87 bits per heavy atom. The van der Waals surface area contributed by atoms with E-state index >= 15 is 0 Å². The number of hydrogen-bond donors (Lipinski definition) is 1. The third-order valence-electron chi connectivity index (χ3n) is 5.94. The first kappa shape index (κ1) is 18.9. The Balaban J connectivity index is 1.34. The van der Waals surface area contributed by atoms with Crippen molar-refractivity contribution < 1.29 is 23.8 Å². The third-order valence-corrected chi connectivity index (χ3v) is 5.94. The van der Waals surface area contributed by atoms with Crippen molar-refractivity contribution in [3.63, 3.8) is 0 Å². The molecule has 1 atom stereocenters. The van der Waals surface area contributed by atoms with E-state index in [1.807, 2.05) is 4.90 Å². The lowest BCUT2D eigenvalue weighted by molar-refractivity contribution is 0.0301. The Morgan fingerprint density at radius 3 is 2.73 bits per heavy atom. The number of hydrogen-bond acceptors (Lipinski definition) is 6. The summed E-state index contributed by atoms with van der Waals surface area (Å²) < 4.78 is 16.3. The number of aromatic amines is 1. The van der Waals surface area contributed by atoms with Gasteiger partial charge in [0.2, 0.25) is 6.79 Å². The van der Waals surface area contributed by atoms with Gasteiger partial charge in [0.05, 0.1) is 36.2 Å². The summed E-state index contributed by atoms with van der Waals surface area (Å²) in [5, 5.41) is 7.17. The molecule has 1 aromatic carbocycles. The fourth-order valence-corrected chi connectivity index (χ4v) is 4.38. The fourth-order valence-electron chi connectivity index (χ4n) is 4.38. The molecule has 0 saturated carbocycles. The van der Waals surface area contributed by atoms with E-state index in [2.05, 4.69) is 10.2 Å². The number of ether oxygens (including phenoxy) is 3. The molecule has 0 radical (unpaired) electrons. The highest BCUT2D eigenvalue weighted by atomic mass is 16.7. The second kappa shape index (κ2) is 7.98. The van der Waals surface area contributed by atoms with Gasteiger partial charge in [-0.1, -0.05) is 6.07 Å². The van der Waals surface area contributed by atoms with Gasteiger partial charge >= 0.3 is 0 Å². The van der Waals surface area contributed by atoms with Crippen LogP contribution in [-0.2, 0) is 4.74 Å². The number of fused-ring (bicyclic) bond motifs is 1. The van der Waals surface area contributed by atoms with Crippen molar-refractivity contribution in [3.05, 3.63) is 41.2 Å². The summed E-state index contributed by atoms with van der Waals surface area (Å²) in [7, 11) is 0. The zero-order chi connectivity index (χ0) is 20.5. The van der Waals surface area contributed by atoms with Crippen LogP contribution in [0.3, 0.4) is 0 Å². The molecule has 9 heteroatoms. The van der Waals surface area contributed by atoms with E-state index in [-0.39, 0.29) is 24.5 Å². The van der Waals surface area contributed by atoms with Gasteiger partial charge < -0.3 is 24.0 Å². The Kier molecular flexibility index (Phi) is 5.04.